The minimum Gasteiger partial charge on any atom is -0.361 e. The Morgan fingerprint density at radius 1 is 1.15 bits per heavy atom. The highest BCUT2D eigenvalue weighted by molar-refractivity contribution is 7.80. The fourth-order valence-electron chi connectivity index (χ4n) is 2.90. The van der Waals surface area contributed by atoms with E-state index >= 15 is 0 Å². The molecule has 3 rings (SSSR count). The Morgan fingerprint density at radius 3 is 2.33 bits per heavy atom. The van der Waals surface area contributed by atoms with Gasteiger partial charge >= 0.3 is 0 Å². The van der Waals surface area contributed by atoms with Crippen LogP contribution in [0.2, 0.25) is 0 Å². The van der Waals surface area contributed by atoms with Crippen molar-refractivity contribution in [3.05, 3.63) is 40.1 Å². The molecular weight excluding hydrogens is 368 g/mol. The van der Waals surface area contributed by atoms with Crippen molar-refractivity contribution in [3.8, 4) is 0 Å². The number of nitro groups is 1. The maximum Gasteiger partial charge on any atom is 0.269 e. The number of nitrogens with one attached hydrogen (secondary N) is 1. The van der Waals surface area contributed by atoms with E-state index < -0.39 is 4.92 Å². The van der Waals surface area contributed by atoms with E-state index in [2.05, 4.69) is 20.4 Å². The molecule has 2 heterocycles. The van der Waals surface area contributed by atoms with Crippen LogP contribution in [0.3, 0.4) is 0 Å². The Kier molecular flexibility index (Phi) is 5.75. The molecule has 0 saturated carbocycles. The first-order valence-electron chi connectivity index (χ1n) is 8.75. The number of carbonyl (C=O) groups excluding carboxylic acids is 1. The highest BCUT2D eigenvalue weighted by atomic mass is 32.1. The summed E-state index contributed by atoms with van der Waals surface area (Å²) in [5.41, 5.74) is 1.02. The molecule has 1 saturated heterocycles. The van der Waals surface area contributed by atoms with Gasteiger partial charge in [-0.25, -0.2) is 0 Å². The molecule has 9 nitrogen and oxygen atoms in total. The van der Waals surface area contributed by atoms with Crippen LogP contribution in [0.4, 0.5) is 17.2 Å². The van der Waals surface area contributed by atoms with Gasteiger partial charge in [0.25, 0.3) is 11.6 Å². The number of rotatable bonds is 4. The van der Waals surface area contributed by atoms with Crippen LogP contribution in [0.1, 0.15) is 43.1 Å². The molecule has 142 valence electrons. The molecule has 1 aromatic heterocycles. The number of likely N-dealkylation sites (tertiary alicyclic amines) is 1. The third kappa shape index (κ3) is 4.45. The first-order valence-corrected chi connectivity index (χ1v) is 9.15. The Morgan fingerprint density at radius 2 is 1.78 bits per heavy atom. The van der Waals surface area contributed by atoms with Gasteiger partial charge in [-0.3, -0.25) is 14.9 Å². The highest BCUT2D eigenvalue weighted by Gasteiger charge is 2.23. The molecule has 1 N–H and O–H groups in total. The Hall–Kier alpha value is -2.88. The van der Waals surface area contributed by atoms with Gasteiger partial charge in [-0.2, -0.15) is 0 Å². The van der Waals surface area contributed by atoms with Gasteiger partial charge in [0.15, 0.2) is 11.5 Å². The van der Waals surface area contributed by atoms with Gasteiger partial charge < -0.3 is 10.2 Å². The van der Waals surface area contributed by atoms with Crippen LogP contribution >= 0.6 is 12.2 Å². The topological polar surface area (TPSA) is 106 Å². The van der Waals surface area contributed by atoms with E-state index in [1.54, 1.807) is 12.1 Å². The van der Waals surface area contributed by atoms with Crippen LogP contribution in [0, 0.1) is 10.1 Å². The molecule has 0 aliphatic carbocycles. The van der Waals surface area contributed by atoms with Crippen LogP contribution in [0.25, 0.3) is 0 Å². The number of nitrogens with zero attached hydrogens (tertiary/aromatic N) is 5. The third-order valence-electron chi connectivity index (χ3n) is 4.33. The predicted molar refractivity (Wildman–Crippen MR) is 104 cm³/mol. The number of benzene rings is 1. The van der Waals surface area contributed by atoms with E-state index in [9.17, 15) is 14.9 Å². The quantitative estimate of drug-likeness (QED) is 0.484. The molecule has 1 aliphatic heterocycles. The van der Waals surface area contributed by atoms with Crippen molar-refractivity contribution in [2.45, 2.75) is 32.6 Å². The van der Waals surface area contributed by atoms with Gasteiger partial charge in [0.2, 0.25) is 0 Å². The largest absolute Gasteiger partial charge is 0.361 e. The second-order valence-electron chi connectivity index (χ2n) is 6.34. The summed E-state index contributed by atoms with van der Waals surface area (Å²) in [7, 11) is 0. The van der Waals surface area contributed by atoms with Crippen molar-refractivity contribution < 1.29 is 9.72 Å². The molecule has 1 fully saturated rings. The van der Waals surface area contributed by atoms with Crippen molar-refractivity contribution in [1.82, 2.24) is 19.9 Å². The number of non-ortho nitro benzene ring substituents is 1. The second-order valence-corrected chi connectivity index (χ2v) is 6.73. The van der Waals surface area contributed by atoms with Crippen molar-refractivity contribution in [2.75, 3.05) is 18.4 Å². The van der Waals surface area contributed by atoms with Crippen molar-refractivity contribution in [2.24, 2.45) is 0 Å². The average molecular weight is 388 g/mol. The average Bonchev–Trinajstić information content (AvgIpc) is 2.88. The van der Waals surface area contributed by atoms with Gasteiger partial charge in [0.05, 0.1) is 4.92 Å². The van der Waals surface area contributed by atoms with Crippen LogP contribution in [-0.4, -0.2) is 48.8 Å². The molecular formula is C17H20N6O3S. The zero-order chi connectivity index (χ0) is 19.4. The van der Waals surface area contributed by atoms with E-state index in [0.717, 1.165) is 30.7 Å². The van der Waals surface area contributed by atoms with E-state index in [0.29, 0.717) is 22.2 Å². The van der Waals surface area contributed by atoms with E-state index in [1.165, 1.54) is 31.9 Å². The summed E-state index contributed by atoms with van der Waals surface area (Å²) in [6.45, 7) is 3.07. The minimum atomic E-state index is -0.463. The summed E-state index contributed by atoms with van der Waals surface area (Å²) in [5.74, 6) is 0.0277. The first-order chi connectivity index (χ1) is 13.0. The number of thiocarbonyl (C=S) groups is 1. The minimum absolute atomic E-state index is 0.00625. The van der Waals surface area contributed by atoms with Gasteiger partial charge in [-0.05, 0) is 25.0 Å². The fourth-order valence-corrected chi connectivity index (χ4v) is 3.22. The molecule has 1 aromatic carbocycles. The van der Waals surface area contributed by atoms with Crippen LogP contribution in [0.15, 0.2) is 24.3 Å². The lowest BCUT2D eigenvalue weighted by atomic mass is 10.2. The zero-order valence-electron chi connectivity index (χ0n) is 14.9. The lowest BCUT2D eigenvalue weighted by Crippen LogP contribution is -2.32. The molecule has 0 unspecified atom stereocenters. The van der Waals surface area contributed by atoms with Crippen LogP contribution in [0.5, 0.6) is 0 Å². The maximum atomic E-state index is 11.7. The molecule has 1 aliphatic rings. The van der Waals surface area contributed by atoms with Gasteiger partial charge in [-0.1, -0.05) is 25.1 Å². The van der Waals surface area contributed by atoms with E-state index in [-0.39, 0.29) is 11.6 Å². The standard InChI is InChI=1S/C17H20N6O3S/c1-12(24)22-19-15(17(27)21-10-4-2-3-5-11-21)16(20-22)18-13-6-8-14(9-7-13)23(25)26/h6-9H,2-5,10-11H2,1H3,(H,18,20). The molecule has 0 bridgehead atoms. The SMILES string of the molecule is CC(=O)n1nc(Nc2ccc([N+](=O)[O-])cc2)c(C(=S)N2CCCCCC2)n1. The number of nitro benzene ring substituents is 1. The Balaban J connectivity index is 1.88. The smallest absolute Gasteiger partial charge is 0.269 e. The summed E-state index contributed by atoms with van der Waals surface area (Å²) in [6, 6.07) is 5.93. The summed E-state index contributed by atoms with van der Waals surface area (Å²) in [4.78, 5) is 25.7. The highest BCUT2D eigenvalue weighted by Crippen LogP contribution is 2.23. The van der Waals surface area contributed by atoms with Crippen molar-refractivity contribution in [1.29, 1.82) is 0 Å². The number of hydrogen-bond acceptors (Lipinski definition) is 7. The number of carbonyl (C=O) groups is 1. The maximum absolute atomic E-state index is 11.7. The first kappa shape index (κ1) is 18.9. The summed E-state index contributed by atoms with van der Waals surface area (Å²) >= 11 is 5.63. The van der Waals surface area contributed by atoms with Crippen molar-refractivity contribution >= 4 is 40.3 Å². The predicted octanol–water partition coefficient (Wildman–Crippen LogP) is 3.14. The lowest BCUT2D eigenvalue weighted by Gasteiger charge is -2.22. The summed E-state index contributed by atoms with van der Waals surface area (Å²) in [5, 5.41) is 22.3. The molecule has 2 aromatic rings. The van der Waals surface area contributed by atoms with E-state index in [1.807, 2.05) is 0 Å². The monoisotopic (exact) mass is 388 g/mol. The second kappa shape index (κ2) is 8.21. The van der Waals surface area contributed by atoms with E-state index in [4.69, 9.17) is 12.2 Å². The fraction of sp³-hybridized carbons (Fsp3) is 0.412. The molecule has 0 spiro atoms. The van der Waals surface area contributed by atoms with Gasteiger partial charge in [0, 0.05) is 37.8 Å². The molecule has 0 amide bonds. The van der Waals surface area contributed by atoms with Gasteiger partial charge in [-0.15, -0.1) is 15.0 Å². The van der Waals surface area contributed by atoms with Gasteiger partial charge in [0.1, 0.15) is 4.99 Å². The van der Waals surface area contributed by atoms with Crippen LogP contribution < -0.4 is 5.32 Å². The zero-order valence-corrected chi connectivity index (χ0v) is 15.7. The lowest BCUT2D eigenvalue weighted by molar-refractivity contribution is -0.384. The summed E-state index contributed by atoms with van der Waals surface area (Å²) < 4.78 is 0. The number of hydrogen-bond donors (Lipinski definition) is 1. The third-order valence-corrected chi connectivity index (χ3v) is 4.78. The normalized spacial score (nSPS) is 14.5. The molecule has 27 heavy (non-hydrogen) atoms. The Bertz CT molecular complexity index is 856. The number of anilines is 2. The Labute approximate surface area is 161 Å². The summed E-state index contributed by atoms with van der Waals surface area (Å²) in [6.07, 6.45) is 4.47. The van der Waals surface area contributed by atoms with Crippen molar-refractivity contribution in [3.63, 3.8) is 0 Å². The molecule has 10 heteroatoms. The van der Waals surface area contributed by atoms with Crippen LogP contribution in [-0.2, 0) is 0 Å². The molecule has 0 atom stereocenters. The number of aromatic nitrogens is 3. The molecule has 0 radical (unpaired) electrons.